The number of nitrogens with zero attached hydrogens (tertiary/aromatic N) is 1. The molecule has 0 amide bonds. The average molecular weight is 248 g/mol. The Morgan fingerprint density at radius 2 is 2.11 bits per heavy atom. The molecule has 0 spiro atoms. The maximum absolute atomic E-state index is 5.50. The smallest absolute Gasteiger partial charge is 0.0621 e. The Bertz CT molecular complexity index is 357. The zero-order valence-electron chi connectivity index (χ0n) is 11.6. The van der Waals surface area contributed by atoms with E-state index in [0.717, 1.165) is 26.2 Å². The highest BCUT2D eigenvalue weighted by molar-refractivity contribution is 5.47. The number of nitrogens with one attached hydrogen (secondary N) is 1. The second kappa shape index (κ2) is 6.21. The zero-order chi connectivity index (χ0) is 13.0. The summed E-state index contributed by atoms with van der Waals surface area (Å²) in [5.74, 6) is 0. The summed E-state index contributed by atoms with van der Waals surface area (Å²) in [6, 6.07) is 9.71. The largest absolute Gasteiger partial charge is 0.379 e. The number of ether oxygens (including phenoxy) is 1. The van der Waals surface area contributed by atoms with E-state index in [4.69, 9.17) is 4.74 Å². The van der Waals surface area contributed by atoms with Crippen LogP contribution in [0, 0.1) is 6.92 Å². The summed E-state index contributed by atoms with van der Waals surface area (Å²) < 4.78 is 5.50. The molecule has 1 aromatic carbocycles. The van der Waals surface area contributed by atoms with Crippen LogP contribution in [0.4, 0.5) is 5.69 Å². The van der Waals surface area contributed by atoms with Crippen molar-refractivity contribution in [3.05, 3.63) is 29.8 Å². The second-order valence-corrected chi connectivity index (χ2v) is 5.26. The van der Waals surface area contributed by atoms with Gasteiger partial charge in [0.2, 0.25) is 0 Å². The van der Waals surface area contributed by atoms with Gasteiger partial charge in [-0.1, -0.05) is 17.7 Å². The molecule has 1 aromatic rings. The maximum Gasteiger partial charge on any atom is 0.0621 e. The third-order valence-corrected chi connectivity index (χ3v) is 3.73. The van der Waals surface area contributed by atoms with Crippen LogP contribution in [0.2, 0.25) is 0 Å². The minimum Gasteiger partial charge on any atom is -0.379 e. The monoisotopic (exact) mass is 248 g/mol. The van der Waals surface area contributed by atoms with Gasteiger partial charge in [0, 0.05) is 31.4 Å². The van der Waals surface area contributed by atoms with E-state index in [9.17, 15) is 0 Å². The molecule has 1 fully saturated rings. The van der Waals surface area contributed by atoms with Crippen molar-refractivity contribution in [3.8, 4) is 0 Å². The number of hydrogen-bond acceptors (Lipinski definition) is 3. The predicted molar refractivity (Wildman–Crippen MR) is 76.3 cm³/mol. The van der Waals surface area contributed by atoms with Crippen molar-refractivity contribution < 1.29 is 4.74 Å². The molecule has 0 radical (unpaired) electrons. The first-order valence-electron chi connectivity index (χ1n) is 6.77. The van der Waals surface area contributed by atoms with Crippen LogP contribution in [0.5, 0.6) is 0 Å². The van der Waals surface area contributed by atoms with Gasteiger partial charge in [-0.2, -0.15) is 0 Å². The van der Waals surface area contributed by atoms with Gasteiger partial charge in [0.25, 0.3) is 0 Å². The number of morpholine rings is 1. The molecular weight excluding hydrogens is 224 g/mol. The highest BCUT2D eigenvalue weighted by Crippen LogP contribution is 2.18. The normalized spacial score (nSPS) is 21.6. The Hall–Kier alpha value is -1.06. The molecule has 18 heavy (non-hydrogen) atoms. The topological polar surface area (TPSA) is 24.5 Å². The molecule has 3 nitrogen and oxygen atoms in total. The Morgan fingerprint density at radius 3 is 2.72 bits per heavy atom. The molecule has 1 aliphatic heterocycles. The molecule has 1 saturated heterocycles. The molecule has 2 atom stereocenters. The van der Waals surface area contributed by atoms with Gasteiger partial charge < -0.3 is 15.0 Å². The van der Waals surface area contributed by atoms with E-state index in [0.29, 0.717) is 12.1 Å². The predicted octanol–water partition coefficient (Wildman–Crippen LogP) is 2.20. The summed E-state index contributed by atoms with van der Waals surface area (Å²) in [5, 5.41) is 3.51. The summed E-state index contributed by atoms with van der Waals surface area (Å²) in [6.45, 7) is 7.06. The number of anilines is 1. The molecule has 0 aliphatic carbocycles. The van der Waals surface area contributed by atoms with E-state index in [-0.39, 0.29) is 0 Å². The van der Waals surface area contributed by atoms with Crippen LogP contribution in [-0.4, -0.2) is 38.9 Å². The van der Waals surface area contributed by atoms with E-state index in [1.54, 1.807) is 0 Å². The van der Waals surface area contributed by atoms with Crippen LogP contribution in [0.1, 0.15) is 18.9 Å². The van der Waals surface area contributed by atoms with Gasteiger partial charge in [0.05, 0.1) is 13.2 Å². The lowest BCUT2D eigenvalue weighted by Crippen LogP contribution is -2.45. The number of rotatable bonds is 4. The number of hydrogen-bond donors (Lipinski definition) is 1. The van der Waals surface area contributed by atoms with Crippen molar-refractivity contribution in [2.24, 2.45) is 0 Å². The van der Waals surface area contributed by atoms with Gasteiger partial charge in [-0.05, 0) is 32.4 Å². The molecule has 3 heteroatoms. The zero-order valence-corrected chi connectivity index (χ0v) is 11.6. The molecule has 1 aliphatic rings. The molecule has 1 N–H and O–H groups in total. The maximum atomic E-state index is 5.50. The van der Waals surface area contributed by atoms with Gasteiger partial charge in [-0.3, -0.25) is 0 Å². The van der Waals surface area contributed by atoms with Crippen LogP contribution in [0.3, 0.4) is 0 Å². The Kier molecular flexibility index (Phi) is 4.61. The third kappa shape index (κ3) is 3.47. The van der Waals surface area contributed by atoms with Crippen molar-refractivity contribution >= 4 is 5.69 Å². The van der Waals surface area contributed by atoms with Gasteiger partial charge in [-0.25, -0.2) is 0 Å². The van der Waals surface area contributed by atoms with Crippen LogP contribution in [0.15, 0.2) is 24.3 Å². The van der Waals surface area contributed by atoms with Gasteiger partial charge >= 0.3 is 0 Å². The minimum atomic E-state index is 0.488. The summed E-state index contributed by atoms with van der Waals surface area (Å²) in [6.07, 6.45) is 1.12. The Balaban J connectivity index is 1.91. The van der Waals surface area contributed by atoms with E-state index in [2.05, 4.69) is 55.4 Å². The molecular formula is C15H24N2O. The summed E-state index contributed by atoms with van der Waals surface area (Å²) in [5.41, 5.74) is 2.59. The van der Waals surface area contributed by atoms with E-state index in [1.807, 2.05) is 0 Å². The second-order valence-electron chi connectivity index (χ2n) is 5.26. The minimum absolute atomic E-state index is 0.488. The SMILES string of the molecule is Cc1ccc(N(C)C(C)CC2COCCN2)cc1. The van der Waals surface area contributed by atoms with Crippen molar-refractivity contribution in [2.75, 3.05) is 31.7 Å². The quantitative estimate of drug-likeness (QED) is 0.884. The standard InChI is InChI=1S/C15H24N2O/c1-12-4-6-15(7-5-12)17(3)13(2)10-14-11-18-9-8-16-14/h4-7,13-14,16H,8-11H2,1-3H3. The fraction of sp³-hybridized carbons (Fsp3) is 0.600. The van der Waals surface area contributed by atoms with Crippen LogP contribution in [-0.2, 0) is 4.74 Å². The fourth-order valence-electron chi connectivity index (χ4n) is 2.38. The lowest BCUT2D eigenvalue weighted by atomic mass is 10.1. The molecule has 1 heterocycles. The van der Waals surface area contributed by atoms with Gasteiger partial charge in [-0.15, -0.1) is 0 Å². The summed E-state index contributed by atoms with van der Waals surface area (Å²) in [4.78, 5) is 2.34. The molecule has 100 valence electrons. The fourth-order valence-corrected chi connectivity index (χ4v) is 2.38. The third-order valence-electron chi connectivity index (χ3n) is 3.73. The Labute approximate surface area is 110 Å². The van der Waals surface area contributed by atoms with Crippen LogP contribution in [0.25, 0.3) is 0 Å². The number of aryl methyl sites for hydroxylation is 1. The molecule has 2 unspecified atom stereocenters. The lowest BCUT2D eigenvalue weighted by molar-refractivity contribution is 0.0724. The van der Waals surface area contributed by atoms with Gasteiger partial charge in [0.15, 0.2) is 0 Å². The lowest BCUT2D eigenvalue weighted by Gasteiger charge is -2.32. The first-order valence-corrected chi connectivity index (χ1v) is 6.77. The molecule has 0 saturated carbocycles. The molecule has 0 aromatic heterocycles. The molecule has 0 bridgehead atoms. The summed E-state index contributed by atoms with van der Waals surface area (Å²) in [7, 11) is 2.17. The van der Waals surface area contributed by atoms with E-state index < -0.39 is 0 Å². The summed E-state index contributed by atoms with van der Waals surface area (Å²) >= 11 is 0. The average Bonchev–Trinajstić information content (AvgIpc) is 2.40. The molecule has 2 rings (SSSR count). The van der Waals surface area contributed by atoms with E-state index >= 15 is 0 Å². The van der Waals surface area contributed by atoms with Crippen molar-refractivity contribution in [1.82, 2.24) is 5.32 Å². The van der Waals surface area contributed by atoms with Crippen LogP contribution >= 0.6 is 0 Å². The first-order chi connectivity index (χ1) is 8.66. The number of benzene rings is 1. The highest BCUT2D eigenvalue weighted by Gasteiger charge is 2.18. The van der Waals surface area contributed by atoms with E-state index in [1.165, 1.54) is 11.3 Å². The van der Waals surface area contributed by atoms with Crippen molar-refractivity contribution in [1.29, 1.82) is 0 Å². The van der Waals surface area contributed by atoms with Crippen molar-refractivity contribution in [2.45, 2.75) is 32.4 Å². The first kappa shape index (κ1) is 13.4. The van der Waals surface area contributed by atoms with Gasteiger partial charge in [0.1, 0.15) is 0 Å². The Morgan fingerprint density at radius 1 is 1.39 bits per heavy atom. The highest BCUT2D eigenvalue weighted by atomic mass is 16.5. The van der Waals surface area contributed by atoms with Crippen molar-refractivity contribution in [3.63, 3.8) is 0 Å². The van der Waals surface area contributed by atoms with Crippen LogP contribution < -0.4 is 10.2 Å².